The van der Waals surface area contributed by atoms with Gasteiger partial charge < -0.3 is 10.3 Å². The van der Waals surface area contributed by atoms with Gasteiger partial charge in [-0.15, -0.1) is 11.3 Å². The van der Waals surface area contributed by atoms with Gasteiger partial charge in [-0.05, 0) is 30.5 Å². The number of hydrogen-bond acceptors (Lipinski definition) is 3. The van der Waals surface area contributed by atoms with Crippen molar-refractivity contribution in [2.45, 2.75) is 26.3 Å². The molecular formula is C16H19N3S. The largest absolute Gasteiger partial charge is 0.361 e. The van der Waals surface area contributed by atoms with Crippen molar-refractivity contribution in [1.82, 2.24) is 15.3 Å². The first-order chi connectivity index (χ1) is 9.88. The molecule has 0 saturated heterocycles. The molecule has 104 valence electrons. The average molecular weight is 285 g/mol. The maximum Gasteiger partial charge on any atom is 0.0795 e. The summed E-state index contributed by atoms with van der Waals surface area (Å²) in [7, 11) is 0. The first kappa shape index (κ1) is 13.3. The molecule has 0 spiro atoms. The minimum Gasteiger partial charge on any atom is -0.361 e. The smallest absolute Gasteiger partial charge is 0.0795 e. The molecule has 0 unspecified atom stereocenters. The van der Waals surface area contributed by atoms with E-state index in [2.05, 4.69) is 52.0 Å². The third-order valence-corrected chi connectivity index (χ3v) is 4.26. The molecule has 3 aromatic rings. The van der Waals surface area contributed by atoms with Crippen LogP contribution in [0.2, 0.25) is 0 Å². The molecular weight excluding hydrogens is 266 g/mol. The lowest BCUT2D eigenvalue weighted by atomic mass is 10.1. The predicted molar refractivity (Wildman–Crippen MR) is 85.2 cm³/mol. The second-order valence-electron chi connectivity index (χ2n) is 4.91. The Hall–Kier alpha value is -1.65. The van der Waals surface area contributed by atoms with Crippen LogP contribution >= 0.6 is 11.3 Å². The zero-order chi connectivity index (χ0) is 13.8. The Morgan fingerprint density at radius 3 is 3.05 bits per heavy atom. The Labute approximate surface area is 123 Å². The van der Waals surface area contributed by atoms with Gasteiger partial charge in [0.25, 0.3) is 0 Å². The fraction of sp³-hybridized carbons (Fsp3) is 0.312. The van der Waals surface area contributed by atoms with Gasteiger partial charge in [0.05, 0.1) is 11.2 Å². The van der Waals surface area contributed by atoms with E-state index in [-0.39, 0.29) is 0 Å². The maximum atomic E-state index is 4.27. The average Bonchev–Trinajstić information content (AvgIpc) is 3.13. The number of fused-ring (bicyclic) bond motifs is 1. The molecule has 0 aliphatic carbocycles. The number of rotatable bonds is 6. The van der Waals surface area contributed by atoms with Gasteiger partial charge >= 0.3 is 0 Å². The molecule has 0 fully saturated rings. The van der Waals surface area contributed by atoms with Crippen molar-refractivity contribution in [3.8, 4) is 0 Å². The molecule has 3 rings (SSSR count). The van der Waals surface area contributed by atoms with Crippen molar-refractivity contribution in [1.29, 1.82) is 0 Å². The lowest BCUT2D eigenvalue weighted by Gasteiger charge is -2.03. The summed E-state index contributed by atoms with van der Waals surface area (Å²) in [4.78, 5) is 7.70. The van der Waals surface area contributed by atoms with Crippen molar-refractivity contribution in [3.63, 3.8) is 0 Å². The summed E-state index contributed by atoms with van der Waals surface area (Å²) in [5.74, 6) is 0. The molecule has 0 aliphatic rings. The van der Waals surface area contributed by atoms with Gasteiger partial charge in [-0.3, -0.25) is 0 Å². The van der Waals surface area contributed by atoms with Gasteiger partial charge in [0.15, 0.2) is 0 Å². The van der Waals surface area contributed by atoms with Gasteiger partial charge in [0.1, 0.15) is 0 Å². The standard InChI is InChI=1S/C16H19N3S/c1-2-12-4-3-5-15-13(8-18-16(12)15)6-7-17-9-14-10-20-11-19-14/h3-5,8,10-11,17-18H,2,6-7,9H2,1H3. The third kappa shape index (κ3) is 2.76. The van der Waals surface area contributed by atoms with Crippen LogP contribution in [-0.4, -0.2) is 16.5 Å². The number of aromatic nitrogens is 2. The van der Waals surface area contributed by atoms with Crippen LogP contribution in [0.25, 0.3) is 10.9 Å². The van der Waals surface area contributed by atoms with Crippen LogP contribution in [0.3, 0.4) is 0 Å². The maximum absolute atomic E-state index is 4.27. The van der Waals surface area contributed by atoms with E-state index in [1.165, 1.54) is 22.0 Å². The van der Waals surface area contributed by atoms with E-state index >= 15 is 0 Å². The van der Waals surface area contributed by atoms with Crippen LogP contribution in [-0.2, 0) is 19.4 Å². The Bertz CT molecular complexity index is 670. The quantitative estimate of drug-likeness (QED) is 0.680. The van der Waals surface area contributed by atoms with Gasteiger partial charge in [0.2, 0.25) is 0 Å². The van der Waals surface area contributed by atoms with E-state index in [0.29, 0.717) is 0 Å². The third-order valence-electron chi connectivity index (χ3n) is 3.63. The fourth-order valence-electron chi connectivity index (χ4n) is 2.54. The van der Waals surface area contributed by atoms with E-state index in [1.54, 1.807) is 11.3 Å². The molecule has 1 aromatic carbocycles. The van der Waals surface area contributed by atoms with Crippen LogP contribution in [0, 0.1) is 0 Å². The van der Waals surface area contributed by atoms with E-state index in [4.69, 9.17) is 0 Å². The summed E-state index contributed by atoms with van der Waals surface area (Å²) in [5, 5.41) is 6.90. The molecule has 20 heavy (non-hydrogen) atoms. The number of aromatic amines is 1. The van der Waals surface area contributed by atoms with Crippen molar-refractivity contribution >= 4 is 22.2 Å². The molecule has 0 saturated carbocycles. The summed E-state index contributed by atoms with van der Waals surface area (Å²) in [5.41, 5.74) is 7.08. The van der Waals surface area contributed by atoms with Crippen LogP contribution in [0.15, 0.2) is 35.3 Å². The number of H-pyrrole nitrogens is 1. The number of aryl methyl sites for hydroxylation is 1. The summed E-state index contributed by atoms with van der Waals surface area (Å²) in [6, 6.07) is 6.56. The number of nitrogens with zero attached hydrogens (tertiary/aromatic N) is 1. The van der Waals surface area contributed by atoms with Gasteiger partial charge in [-0.2, -0.15) is 0 Å². The summed E-state index contributed by atoms with van der Waals surface area (Å²) in [6.07, 6.45) is 4.25. The van der Waals surface area contributed by atoms with Crippen molar-refractivity contribution < 1.29 is 0 Å². The summed E-state index contributed by atoms with van der Waals surface area (Å²) < 4.78 is 0. The molecule has 3 nitrogen and oxygen atoms in total. The molecule has 0 radical (unpaired) electrons. The van der Waals surface area contributed by atoms with Crippen LogP contribution in [0.5, 0.6) is 0 Å². The summed E-state index contributed by atoms with van der Waals surface area (Å²) >= 11 is 1.65. The zero-order valence-corrected chi connectivity index (χ0v) is 12.5. The van der Waals surface area contributed by atoms with Gasteiger partial charge in [0, 0.05) is 29.0 Å². The molecule has 2 aromatic heterocycles. The lowest BCUT2D eigenvalue weighted by Crippen LogP contribution is -2.16. The number of para-hydroxylation sites is 1. The van der Waals surface area contributed by atoms with Gasteiger partial charge in [-0.1, -0.05) is 25.1 Å². The number of nitrogens with one attached hydrogen (secondary N) is 2. The fourth-order valence-corrected chi connectivity index (χ4v) is 3.10. The van der Waals surface area contributed by atoms with Crippen LogP contribution in [0.4, 0.5) is 0 Å². The lowest BCUT2D eigenvalue weighted by molar-refractivity contribution is 0.679. The van der Waals surface area contributed by atoms with Crippen LogP contribution < -0.4 is 5.32 Å². The van der Waals surface area contributed by atoms with E-state index in [1.807, 2.05) is 5.51 Å². The Morgan fingerprint density at radius 1 is 1.30 bits per heavy atom. The normalized spacial score (nSPS) is 11.2. The predicted octanol–water partition coefficient (Wildman–Crippen LogP) is 3.52. The zero-order valence-electron chi connectivity index (χ0n) is 11.6. The van der Waals surface area contributed by atoms with Gasteiger partial charge in [-0.25, -0.2) is 4.98 Å². The second kappa shape index (κ2) is 6.20. The van der Waals surface area contributed by atoms with Crippen LogP contribution in [0.1, 0.15) is 23.7 Å². The SMILES string of the molecule is CCc1cccc2c(CCNCc3cscn3)c[nH]c12. The highest BCUT2D eigenvalue weighted by Gasteiger charge is 2.06. The Morgan fingerprint density at radius 2 is 2.25 bits per heavy atom. The van der Waals surface area contributed by atoms with E-state index < -0.39 is 0 Å². The molecule has 0 bridgehead atoms. The molecule has 4 heteroatoms. The highest BCUT2D eigenvalue weighted by molar-refractivity contribution is 7.07. The Balaban J connectivity index is 1.63. The number of hydrogen-bond donors (Lipinski definition) is 2. The molecule has 0 amide bonds. The first-order valence-electron chi connectivity index (χ1n) is 7.04. The van der Waals surface area contributed by atoms with Crippen molar-refractivity contribution in [2.24, 2.45) is 0 Å². The molecule has 2 N–H and O–H groups in total. The second-order valence-corrected chi connectivity index (χ2v) is 5.63. The van der Waals surface area contributed by atoms with E-state index in [0.717, 1.165) is 31.6 Å². The topological polar surface area (TPSA) is 40.7 Å². The van der Waals surface area contributed by atoms with Crippen molar-refractivity contribution in [2.75, 3.05) is 6.54 Å². The minimum atomic E-state index is 0.853. The first-order valence-corrected chi connectivity index (χ1v) is 7.98. The monoisotopic (exact) mass is 285 g/mol. The number of thiazole rings is 1. The molecule has 2 heterocycles. The van der Waals surface area contributed by atoms with Crippen molar-refractivity contribution in [3.05, 3.63) is 52.1 Å². The Kier molecular flexibility index (Phi) is 4.14. The summed E-state index contributed by atoms with van der Waals surface area (Å²) in [6.45, 7) is 4.03. The highest BCUT2D eigenvalue weighted by Crippen LogP contribution is 2.22. The highest BCUT2D eigenvalue weighted by atomic mass is 32.1. The molecule has 0 aliphatic heterocycles. The number of benzene rings is 1. The van der Waals surface area contributed by atoms with E-state index in [9.17, 15) is 0 Å². The minimum absolute atomic E-state index is 0.853. The molecule has 0 atom stereocenters.